The first kappa shape index (κ1) is 23.1. The standard InChI is InChI=1S/C22H27N5O5S/c28-22(18-5-8-20(9-6-18)33(31,32)26-13-2-1-3-14-26)25-12-4-11-24(15-16-25)21-10-7-19(17-23-21)27(29)30/h5-10,17H,1-4,11-16H2. The van der Waals surface area contributed by atoms with Crippen molar-refractivity contribution >= 4 is 27.4 Å². The first-order valence-corrected chi connectivity index (χ1v) is 12.6. The Morgan fingerprint density at radius 2 is 1.61 bits per heavy atom. The van der Waals surface area contributed by atoms with Gasteiger partial charge in [-0.05, 0) is 49.6 Å². The molecule has 0 radical (unpaired) electrons. The van der Waals surface area contributed by atoms with Crippen LogP contribution in [0.2, 0.25) is 0 Å². The number of sulfonamides is 1. The number of nitro groups is 1. The molecule has 0 saturated carbocycles. The fraction of sp³-hybridized carbons (Fsp3) is 0.455. The summed E-state index contributed by atoms with van der Waals surface area (Å²) in [6.45, 7) is 3.36. The lowest BCUT2D eigenvalue weighted by atomic mass is 10.2. The number of hydrogen-bond acceptors (Lipinski definition) is 7. The number of carbonyl (C=O) groups is 1. The number of pyridine rings is 1. The second-order valence-electron chi connectivity index (χ2n) is 8.25. The van der Waals surface area contributed by atoms with Gasteiger partial charge < -0.3 is 9.80 Å². The Bertz CT molecular complexity index is 1100. The van der Waals surface area contributed by atoms with E-state index < -0.39 is 14.9 Å². The monoisotopic (exact) mass is 473 g/mol. The van der Waals surface area contributed by atoms with E-state index in [1.165, 1.54) is 28.7 Å². The van der Waals surface area contributed by atoms with Crippen molar-refractivity contribution in [3.05, 3.63) is 58.3 Å². The highest BCUT2D eigenvalue weighted by Gasteiger charge is 2.27. The highest BCUT2D eigenvalue weighted by Crippen LogP contribution is 2.22. The third-order valence-corrected chi connectivity index (χ3v) is 8.02. The van der Waals surface area contributed by atoms with E-state index in [0.29, 0.717) is 50.6 Å². The van der Waals surface area contributed by atoms with Crippen molar-refractivity contribution in [3.8, 4) is 0 Å². The fourth-order valence-corrected chi connectivity index (χ4v) is 5.75. The van der Waals surface area contributed by atoms with Gasteiger partial charge in [0.15, 0.2) is 0 Å². The van der Waals surface area contributed by atoms with Crippen LogP contribution in [0.1, 0.15) is 36.0 Å². The Kier molecular flexibility index (Phi) is 6.89. The minimum Gasteiger partial charge on any atom is -0.355 e. The molecule has 2 aliphatic rings. The smallest absolute Gasteiger partial charge is 0.287 e. The summed E-state index contributed by atoms with van der Waals surface area (Å²) in [6, 6.07) is 9.25. The summed E-state index contributed by atoms with van der Waals surface area (Å²) in [5.41, 5.74) is 0.394. The summed E-state index contributed by atoms with van der Waals surface area (Å²) in [6.07, 6.45) is 4.76. The van der Waals surface area contributed by atoms with E-state index in [2.05, 4.69) is 4.98 Å². The van der Waals surface area contributed by atoms with Crippen molar-refractivity contribution in [2.75, 3.05) is 44.2 Å². The van der Waals surface area contributed by atoms with Crippen molar-refractivity contribution in [1.29, 1.82) is 0 Å². The van der Waals surface area contributed by atoms with Gasteiger partial charge in [0.1, 0.15) is 12.0 Å². The number of hydrogen-bond donors (Lipinski definition) is 0. The lowest BCUT2D eigenvalue weighted by molar-refractivity contribution is -0.385. The van der Waals surface area contributed by atoms with Crippen LogP contribution in [0.15, 0.2) is 47.5 Å². The predicted octanol–water partition coefficient (Wildman–Crippen LogP) is 2.52. The van der Waals surface area contributed by atoms with Crippen LogP contribution >= 0.6 is 0 Å². The van der Waals surface area contributed by atoms with Gasteiger partial charge in [-0.15, -0.1) is 0 Å². The van der Waals surface area contributed by atoms with Gasteiger partial charge in [-0.1, -0.05) is 6.42 Å². The normalized spacial score (nSPS) is 18.1. The molecule has 33 heavy (non-hydrogen) atoms. The molecule has 0 N–H and O–H groups in total. The zero-order chi connectivity index (χ0) is 23.4. The Balaban J connectivity index is 1.40. The van der Waals surface area contributed by atoms with Crippen LogP contribution < -0.4 is 4.90 Å². The first-order chi connectivity index (χ1) is 15.9. The number of anilines is 1. The molecule has 2 fully saturated rings. The SMILES string of the molecule is O=C(c1ccc(S(=O)(=O)N2CCCCC2)cc1)N1CCCN(c2ccc([N+](=O)[O-])cn2)CC1. The number of benzene rings is 1. The molecule has 2 aliphatic heterocycles. The molecule has 0 aliphatic carbocycles. The van der Waals surface area contributed by atoms with Gasteiger partial charge in [0, 0.05) is 50.9 Å². The molecule has 0 spiro atoms. The van der Waals surface area contributed by atoms with Gasteiger partial charge in [0.05, 0.1) is 9.82 Å². The molecule has 0 bridgehead atoms. The predicted molar refractivity (Wildman–Crippen MR) is 123 cm³/mol. The molecular formula is C22H27N5O5S. The average molecular weight is 474 g/mol. The summed E-state index contributed by atoms with van der Waals surface area (Å²) >= 11 is 0. The highest BCUT2D eigenvalue weighted by molar-refractivity contribution is 7.89. The van der Waals surface area contributed by atoms with Gasteiger partial charge in [-0.3, -0.25) is 14.9 Å². The minimum absolute atomic E-state index is 0.0591. The number of carbonyl (C=O) groups excluding carboxylic acids is 1. The Hall–Kier alpha value is -3.05. The van der Waals surface area contributed by atoms with Crippen molar-refractivity contribution < 1.29 is 18.1 Å². The molecule has 1 aromatic carbocycles. The van der Waals surface area contributed by atoms with E-state index in [4.69, 9.17) is 0 Å². The van der Waals surface area contributed by atoms with Crippen molar-refractivity contribution in [1.82, 2.24) is 14.2 Å². The van der Waals surface area contributed by atoms with Gasteiger partial charge in [-0.2, -0.15) is 4.31 Å². The first-order valence-electron chi connectivity index (χ1n) is 11.1. The highest BCUT2D eigenvalue weighted by atomic mass is 32.2. The Labute approximate surface area is 193 Å². The van der Waals surface area contributed by atoms with Crippen LogP contribution in [-0.2, 0) is 10.0 Å². The zero-order valence-electron chi connectivity index (χ0n) is 18.3. The molecule has 0 unspecified atom stereocenters. The summed E-state index contributed by atoms with van der Waals surface area (Å²) in [7, 11) is -3.53. The van der Waals surface area contributed by atoms with Gasteiger partial charge in [0.25, 0.3) is 11.6 Å². The van der Waals surface area contributed by atoms with Crippen LogP contribution in [0.25, 0.3) is 0 Å². The zero-order valence-corrected chi connectivity index (χ0v) is 19.1. The molecule has 10 nitrogen and oxygen atoms in total. The molecule has 1 amide bonds. The van der Waals surface area contributed by atoms with Crippen molar-refractivity contribution in [2.24, 2.45) is 0 Å². The number of piperidine rings is 1. The molecule has 0 atom stereocenters. The lowest BCUT2D eigenvalue weighted by Gasteiger charge is -2.26. The van der Waals surface area contributed by atoms with E-state index in [1.807, 2.05) is 4.90 Å². The van der Waals surface area contributed by atoms with Gasteiger partial charge >= 0.3 is 0 Å². The molecule has 2 saturated heterocycles. The average Bonchev–Trinajstić information content (AvgIpc) is 3.11. The van der Waals surface area contributed by atoms with E-state index in [9.17, 15) is 23.3 Å². The second kappa shape index (κ2) is 9.84. The van der Waals surface area contributed by atoms with Crippen LogP contribution in [0.4, 0.5) is 11.5 Å². The maximum atomic E-state index is 13.0. The molecular weight excluding hydrogens is 446 g/mol. The molecule has 176 valence electrons. The number of nitrogens with zero attached hydrogens (tertiary/aromatic N) is 5. The number of aromatic nitrogens is 1. The molecule has 4 rings (SSSR count). The maximum Gasteiger partial charge on any atom is 0.287 e. The number of rotatable bonds is 5. The maximum absolute atomic E-state index is 13.0. The third-order valence-electron chi connectivity index (χ3n) is 6.10. The topological polar surface area (TPSA) is 117 Å². The van der Waals surface area contributed by atoms with Crippen LogP contribution in [0.3, 0.4) is 0 Å². The lowest BCUT2D eigenvalue weighted by Crippen LogP contribution is -2.36. The quantitative estimate of drug-likeness (QED) is 0.484. The number of amides is 1. The van der Waals surface area contributed by atoms with Crippen molar-refractivity contribution in [3.63, 3.8) is 0 Å². The van der Waals surface area contributed by atoms with E-state index >= 15 is 0 Å². The third kappa shape index (κ3) is 5.14. The molecule has 2 aromatic rings. The van der Waals surface area contributed by atoms with Crippen molar-refractivity contribution in [2.45, 2.75) is 30.6 Å². The molecule has 11 heteroatoms. The largest absolute Gasteiger partial charge is 0.355 e. The minimum atomic E-state index is -3.53. The van der Waals surface area contributed by atoms with E-state index in [1.54, 1.807) is 23.1 Å². The fourth-order valence-electron chi connectivity index (χ4n) is 4.23. The van der Waals surface area contributed by atoms with Crippen LogP contribution in [-0.4, -0.2) is 72.7 Å². The van der Waals surface area contributed by atoms with Crippen LogP contribution in [0.5, 0.6) is 0 Å². The Morgan fingerprint density at radius 3 is 2.24 bits per heavy atom. The van der Waals surface area contributed by atoms with Gasteiger partial charge in [-0.25, -0.2) is 13.4 Å². The Morgan fingerprint density at radius 1 is 0.879 bits per heavy atom. The summed E-state index contributed by atoms with van der Waals surface area (Å²) < 4.78 is 27.2. The molecule has 1 aromatic heterocycles. The summed E-state index contributed by atoms with van der Waals surface area (Å²) in [5.74, 6) is 0.498. The summed E-state index contributed by atoms with van der Waals surface area (Å²) in [5, 5.41) is 10.8. The van der Waals surface area contributed by atoms with Gasteiger partial charge in [0.2, 0.25) is 10.0 Å². The molecule has 3 heterocycles. The second-order valence-corrected chi connectivity index (χ2v) is 10.2. The summed E-state index contributed by atoms with van der Waals surface area (Å²) in [4.78, 5) is 31.5. The van der Waals surface area contributed by atoms with E-state index in [-0.39, 0.29) is 16.5 Å². The van der Waals surface area contributed by atoms with Crippen LogP contribution in [0, 0.1) is 10.1 Å². The van der Waals surface area contributed by atoms with E-state index in [0.717, 1.165) is 25.7 Å².